The number of methoxy groups -OCH3 is 1. The molecule has 2 rings (SSSR count). The number of nitrogens with one attached hydrogen (secondary N) is 1. The zero-order valence-electron chi connectivity index (χ0n) is 10.5. The topological polar surface area (TPSA) is 72.5 Å². The van der Waals surface area contributed by atoms with Crippen molar-refractivity contribution >= 4 is 60.3 Å². The molecule has 0 radical (unpaired) electrons. The van der Waals surface area contributed by atoms with E-state index in [1.54, 1.807) is 23.8 Å². The molecule has 108 valence electrons. The summed E-state index contributed by atoms with van der Waals surface area (Å²) in [5.41, 5.74) is 0.939. The van der Waals surface area contributed by atoms with Crippen molar-refractivity contribution in [2.24, 2.45) is 0 Å². The summed E-state index contributed by atoms with van der Waals surface area (Å²) in [6.07, 6.45) is 0. The van der Waals surface area contributed by atoms with Gasteiger partial charge in [0.05, 0.1) is 12.8 Å². The molecule has 1 N–H and O–H groups in total. The largest absolute Gasteiger partial charge is 0.465 e. The highest BCUT2D eigenvalue weighted by molar-refractivity contribution is 9.10. The summed E-state index contributed by atoms with van der Waals surface area (Å²) >= 11 is 5.42. The van der Waals surface area contributed by atoms with E-state index in [4.69, 9.17) is 0 Å². The van der Waals surface area contributed by atoms with E-state index in [1.165, 1.54) is 7.11 Å². The van der Waals surface area contributed by atoms with Gasteiger partial charge >= 0.3 is 5.97 Å². The Morgan fingerprint density at radius 2 is 2.10 bits per heavy atom. The first-order valence-corrected chi connectivity index (χ1v) is 9.32. The molecule has 5 nitrogen and oxygen atoms in total. The van der Waals surface area contributed by atoms with Crippen molar-refractivity contribution in [3.63, 3.8) is 0 Å². The maximum atomic E-state index is 12.3. The summed E-state index contributed by atoms with van der Waals surface area (Å²) in [5.74, 6) is -0.564. The summed E-state index contributed by atoms with van der Waals surface area (Å²) in [6, 6.07) is 1.65. The van der Waals surface area contributed by atoms with Gasteiger partial charge in [0.25, 0.3) is 10.0 Å². The number of esters is 1. The molecule has 2 aromatic rings. The lowest BCUT2D eigenvalue weighted by molar-refractivity contribution is 0.0607. The highest BCUT2D eigenvalue weighted by Gasteiger charge is 2.24. The molecule has 20 heavy (non-hydrogen) atoms. The summed E-state index contributed by atoms with van der Waals surface area (Å²) in [6.45, 7) is 1.73. The van der Waals surface area contributed by atoms with Crippen LogP contribution < -0.4 is 4.72 Å². The van der Waals surface area contributed by atoms with Crippen LogP contribution in [0.15, 0.2) is 25.5 Å². The zero-order valence-corrected chi connectivity index (χ0v) is 14.5. The van der Waals surface area contributed by atoms with Crippen molar-refractivity contribution in [2.75, 3.05) is 11.8 Å². The summed E-state index contributed by atoms with van der Waals surface area (Å²) in [4.78, 5) is 11.9. The Morgan fingerprint density at radius 1 is 1.40 bits per heavy atom. The molecule has 0 atom stereocenters. The second-order valence-electron chi connectivity index (χ2n) is 3.78. The van der Waals surface area contributed by atoms with E-state index < -0.39 is 16.0 Å². The molecule has 0 fully saturated rings. The van der Waals surface area contributed by atoms with Crippen LogP contribution in [0.3, 0.4) is 0 Å². The smallest absolute Gasteiger partial charge is 0.350 e. The number of hydrogen-bond acceptors (Lipinski definition) is 6. The number of ether oxygens (including phenoxy) is 1. The van der Waals surface area contributed by atoms with Crippen molar-refractivity contribution in [1.29, 1.82) is 0 Å². The van der Waals surface area contributed by atoms with E-state index in [1.807, 2.05) is 0 Å². The number of sulfonamides is 1. The zero-order chi connectivity index (χ0) is 14.9. The fourth-order valence-corrected chi connectivity index (χ4v) is 5.94. The molecule has 2 heterocycles. The Morgan fingerprint density at radius 3 is 2.65 bits per heavy atom. The second-order valence-corrected chi connectivity index (χ2v) is 8.30. The number of carbonyl (C=O) groups is 1. The molecule has 0 aliphatic heterocycles. The number of rotatable bonds is 4. The van der Waals surface area contributed by atoms with Crippen LogP contribution >= 0.6 is 38.6 Å². The van der Waals surface area contributed by atoms with Crippen LogP contribution in [0.4, 0.5) is 5.69 Å². The van der Waals surface area contributed by atoms with E-state index in [9.17, 15) is 13.2 Å². The van der Waals surface area contributed by atoms with Crippen molar-refractivity contribution in [3.8, 4) is 0 Å². The van der Waals surface area contributed by atoms with E-state index in [0.29, 0.717) is 10.0 Å². The number of halogens is 1. The fourth-order valence-electron chi connectivity index (χ4n) is 1.47. The quantitative estimate of drug-likeness (QED) is 0.804. The minimum Gasteiger partial charge on any atom is -0.465 e. The third-order valence-corrected chi connectivity index (χ3v) is 7.51. The normalized spacial score (nSPS) is 11.3. The lowest BCUT2D eigenvalue weighted by Gasteiger charge is -2.08. The van der Waals surface area contributed by atoms with Crippen molar-refractivity contribution < 1.29 is 17.9 Å². The average Bonchev–Trinajstić information content (AvgIpc) is 2.96. The Bertz CT molecular complexity index is 748. The minimum absolute atomic E-state index is 0.166. The molecule has 0 saturated carbocycles. The monoisotopic (exact) mass is 395 g/mol. The molecule has 0 amide bonds. The fraction of sp³-hybridized carbons (Fsp3) is 0.182. The van der Waals surface area contributed by atoms with Gasteiger partial charge in [0, 0.05) is 4.47 Å². The summed E-state index contributed by atoms with van der Waals surface area (Å²) in [5, 5.41) is 3.37. The van der Waals surface area contributed by atoms with Gasteiger partial charge in [-0.3, -0.25) is 4.72 Å². The third-order valence-electron chi connectivity index (χ3n) is 2.41. The van der Waals surface area contributed by atoms with Gasteiger partial charge in [0.1, 0.15) is 4.88 Å². The van der Waals surface area contributed by atoms with Gasteiger partial charge < -0.3 is 4.74 Å². The van der Waals surface area contributed by atoms with Crippen LogP contribution in [-0.4, -0.2) is 21.5 Å². The van der Waals surface area contributed by atoms with Gasteiger partial charge in [-0.1, -0.05) is 0 Å². The van der Waals surface area contributed by atoms with Crippen LogP contribution in [0.1, 0.15) is 15.2 Å². The minimum atomic E-state index is -3.74. The molecule has 0 bridgehead atoms. The molecule has 0 saturated heterocycles. The molecule has 0 spiro atoms. The Balaban J connectivity index is 2.43. The van der Waals surface area contributed by atoms with E-state index in [-0.39, 0.29) is 14.8 Å². The Labute approximate surface area is 132 Å². The van der Waals surface area contributed by atoms with Crippen LogP contribution in [-0.2, 0) is 14.8 Å². The molecule has 0 aliphatic rings. The van der Waals surface area contributed by atoms with Crippen LogP contribution in [0.25, 0.3) is 0 Å². The van der Waals surface area contributed by atoms with Crippen LogP contribution in [0, 0.1) is 6.92 Å². The molecule has 0 aromatic carbocycles. The van der Waals surface area contributed by atoms with Gasteiger partial charge in [-0.05, 0) is 45.2 Å². The highest BCUT2D eigenvalue weighted by Crippen LogP contribution is 2.33. The van der Waals surface area contributed by atoms with Gasteiger partial charge in [-0.15, -0.1) is 22.7 Å². The van der Waals surface area contributed by atoms with Gasteiger partial charge in [0.15, 0.2) is 4.21 Å². The number of aryl methyl sites for hydroxylation is 1. The number of carbonyl (C=O) groups excluding carboxylic acids is 1. The Kier molecular flexibility index (Phi) is 4.52. The molecule has 0 aliphatic carbocycles. The molecular weight excluding hydrogens is 386 g/mol. The van der Waals surface area contributed by atoms with E-state index >= 15 is 0 Å². The predicted octanol–water partition coefficient (Wildman–Crippen LogP) is 3.47. The lowest BCUT2D eigenvalue weighted by atomic mass is 10.3. The van der Waals surface area contributed by atoms with Gasteiger partial charge in [-0.2, -0.15) is 0 Å². The maximum absolute atomic E-state index is 12.3. The van der Waals surface area contributed by atoms with Crippen molar-refractivity contribution in [1.82, 2.24) is 0 Å². The van der Waals surface area contributed by atoms with Gasteiger partial charge in [0.2, 0.25) is 0 Å². The third kappa shape index (κ3) is 2.90. The SMILES string of the molecule is COC(=O)c1scc(C)c1NS(=O)(=O)c1sccc1Br. The summed E-state index contributed by atoms with van der Waals surface area (Å²) in [7, 11) is -2.48. The molecule has 0 unspecified atom stereocenters. The standard InChI is InChI=1S/C11H10BrNO4S3/c1-6-5-19-9(10(14)17-2)8(6)13-20(15,16)11-7(12)3-4-18-11/h3-5,13H,1-2H3. The summed E-state index contributed by atoms with van der Waals surface area (Å²) < 4.78 is 32.4. The van der Waals surface area contributed by atoms with Crippen LogP contribution in [0.5, 0.6) is 0 Å². The van der Waals surface area contributed by atoms with E-state index in [2.05, 4.69) is 25.4 Å². The number of anilines is 1. The second kappa shape index (κ2) is 5.84. The highest BCUT2D eigenvalue weighted by atomic mass is 79.9. The number of thiophene rings is 2. The van der Waals surface area contributed by atoms with Crippen LogP contribution in [0.2, 0.25) is 0 Å². The Hall–Kier alpha value is -0.900. The molecule has 9 heteroatoms. The van der Waals surface area contributed by atoms with Gasteiger partial charge in [-0.25, -0.2) is 13.2 Å². The number of hydrogen-bond donors (Lipinski definition) is 1. The first kappa shape index (κ1) is 15.5. The van der Waals surface area contributed by atoms with Crippen molar-refractivity contribution in [3.05, 3.63) is 31.7 Å². The molecule has 2 aromatic heterocycles. The first-order chi connectivity index (χ1) is 9.36. The maximum Gasteiger partial charge on any atom is 0.350 e. The van der Waals surface area contributed by atoms with E-state index in [0.717, 1.165) is 22.7 Å². The lowest BCUT2D eigenvalue weighted by Crippen LogP contribution is -2.14. The molecular formula is C11H10BrNO4S3. The van der Waals surface area contributed by atoms with Crippen molar-refractivity contribution in [2.45, 2.75) is 11.1 Å². The predicted molar refractivity (Wildman–Crippen MR) is 83.2 cm³/mol. The average molecular weight is 396 g/mol. The first-order valence-electron chi connectivity index (χ1n) is 5.29.